The van der Waals surface area contributed by atoms with Gasteiger partial charge in [-0.05, 0) is 6.92 Å². The molecular formula is C7H16N2O6S2. The van der Waals surface area contributed by atoms with Gasteiger partial charge in [-0.1, -0.05) is 0 Å². The van der Waals surface area contributed by atoms with Crippen LogP contribution in [0.3, 0.4) is 0 Å². The van der Waals surface area contributed by atoms with E-state index in [4.69, 9.17) is 5.11 Å². The fourth-order valence-electron chi connectivity index (χ4n) is 0.873. The number of sulfonamides is 2. The highest BCUT2D eigenvalue weighted by atomic mass is 32.2. The van der Waals surface area contributed by atoms with Gasteiger partial charge in [-0.2, -0.15) is 4.31 Å². The molecule has 0 rings (SSSR count). The molecule has 0 atom stereocenters. The molecule has 0 aromatic heterocycles. The second-order valence-corrected chi connectivity index (χ2v) is 7.55. The van der Waals surface area contributed by atoms with Crippen molar-refractivity contribution < 1.29 is 26.7 Å². The zero-order valence-electron chi connectivity index (χ0n) is 9.58. The van der Waals surface area contributed by atoms with E-state index in [1.807, 2.05) is 0 Å². The van der Waals surface area contributed by atoms with Crippen LogP contribution in [0.1, 0.15) is 6.92 Å². The normalized spacial score (nSPS) is 12.9. The van der Waals surface area contributed by atoms with Crippen LogP contribution in [0, 0.1) is 0 Å². The third-order valence-electron chi connectivity index (χ3n) is 1.89. The van der Waals surface area contributed by atoms with Gasteiger partial charge in [0.25, 0.3) is 0 Å². The van der Waals surface area contributed by atoms with E-state index in [2.05, 4.69) is 4.72 Å². The molecule has 0 unspecified atom stereocenters. The first-order valence-corrected chi connectivity index (χ1v) is 8.00. The Morgan fingerprint density at radius 3 is 2.24 bits per heavy atom. The molecular weight excluding hydrogens is 272 g/mol. The van der Waals surface area contributed by atoms with Gasteiger partial charge < -0.3 is 5.11 Å². The van der Waals surface area contributed by atoms with Crippen LogP contribution in [-0.2, 0) is 24.8 Å². The van der Waals surface area contributed by atoms with Gasteiger partial charge in [0.2, 0.25) is 20.0 Å². The van der Waals surface area contributed by atoms with E-state index in [0.717, 1.165) is 7.05 Å². The Bertz CT molecular complexity index is 455. The third-order valence-corrected chi connectivity index (χ3v) is 5.10. The number of aliphatic carboxylic acids is 1. The molecule has 0 spiro atoms. The monoisotopic (exact) mass is 288 g/mol. The Labute approximate surface area is 101 Å². The molecule has 0 aliphatic heterocycles. The molecule has 0 saturated carbocycles. The van der Waals surface area contributed by atoms with Crippen molar-refractivity contribution in [1.82, 2.24) is 9.03 Å². The standard InChI is InChI=1S/C7H16N2O6S2/c1-3-16(12,13)8-4-5-17(14,15)9(2)6-7(10)11/h8H,3-6H2,1-2H3,(H,10,11). The molecule has 0 aliphatic carbocycles. The molecule has 17 heavy (non-hydrogen) atoms. The SMILES string of the molecule is CCS(=O)(=O)NCCS(=O)(=O)N(C)CC(=O)O. The molecule has 10 heteroatoms. The number of likely N-dealkylation sites (N-methyl/N-ethyl adjacent to an activating group) is 1. The van der Waals surface area contributed by atoms with E-state index in [1.165, 1.54) is 6.92 Å². The molecule has 0 heterocycles. The number of nitrogens with zero attached hydrogens (tertiary/aromatic N) is 1. The summed E-state index contributed by atoms with van der Waals surface area (Å²) in [7, 11) is -6.08. The highest BCUT2D eigenvalue weighted by Gasteiger charge is 2.20. The van der Waals surface area contributed by atoms with E-state index in [1.54, 1.807) is 0 Å². The van der Waals surface area contributed by atoms with E-state index in [9.17, 15) is 21.6 Å². The van der Waals surface area contributed by atoms with Crippen molar-refractivity contribution in [3.8, 4) is 0 Å². The smallest absolute Gasteiger partial charge is 0.318 e. The molecule has 2 N–H and O–H groups in total. The molecule has 102 valence electrons. The summed E-state index contributed by atoms with van der Waals surface area (Å²) in [4.78, 5) is 10.3. The quantitative estimate of drug-likeness (QED) is 0.547. The van der Waals surface area contributed by atoms with Gasteiger partial charge >= 0.3 is 5.97 Å². The lowest BCUT2D eigenvalue weighted by atomic mass is 10.7. The molecule has 0 amide bonds. The van der Waals surface area contributed by atoms with Crippen LogP contribution in [-0.4, -0.2) is 63.9 Å². The fraction of sp³-hybridized carbons (Fsp3) is 0.857. The number of nitrogens with one attached hydrogen (secondary N) is 1. The number of carboxylic acid groups (broad SMARTS) is 1. The summed E-state index contributed by atoms with van der Waals surface area (Å²) in [5.41, 5.74) is 0. The number of hydrogen-bond donors (Lipinski definition) is 2. The number of rotatable bonds is 8. The lowest BCUT2D eigenvalue weighted by Crippen LogP contribution is -2.38. The average molecular weight is 288 g/mol. The maximum Gasteiger partial charge on any atom is 0.318 e. The van der Waals surface area contributed by atoms with Crippen molar-refractivity contribution in [1.29, 1.82) is 0 Å². The highest BCUT2D eigenvalue weighted by molar-refractivity contribution is 7.90. The second-order valence-electron chi connectivity index (χ2n) is 3.26. The topological polar surface area (TPSA) is 121 Å². The predicted molar refractivity (Wildman–Crippen MR) is 61.5 cm³/mol. The summed E-state index contributed by atoms with van der Waals surface area (Å²) in [6, 6.07) is 0. The summed E-state index contributed by atoms with van der Waals surface area (Å²) < 4.78 is 47.7. The molecule has 0 aliphatic rings. The average Bonchev–Trinajstić information content (AvgIpc) is 2.16. The summed E-state index contributed by atoms with van der Waals surface area (Å²) in [5, 5.41) is 8.42. The van der Waals surface area contributed by atoms with Gasteiger partial charge in [0, 0.05) is 13.6 Å². The van der Waals surface area contributed by atoms with Gasteiger partial charge in [0.15, 0.2) is 0 Å². The third kappa shape index (κ3) is 6.56. The first-order chi connectivity index (χ1) is 7.60. The second kappa shape index (κ2) is 6.28. The first kappa shape index (κ1) is 16.3. The largest absolute Gasteiger partial charge is 0.480 e. The Morgan fingerprint density at radius 2 is 1.82 bits per heavy atom. The number of carboxylic acids is 1. The highest BCUT2D eigenvalue weighted by Crippen LogP contribution is 1.97. The van der Waals surface area contributed by atoms with Crippen LogP contribution in [0.5, 0.6) is 0 Å². The van der Waals surface area contributed by atoms with Crippen LogP contribution in [0.15, 0.2) is 0 Å². The summed E-state index contributed by atoms with van der Waals surface area (Å²) >= 11 is 0. The van der Waals surface area contributed by atoms with Gasteiger partial charge in [-0.15, -0.1) is 0 Å². The first-order valence-electron chi connectivity index (χ1n) is 4.74. The Morgan fingerprint density at radius 1 is 1.29 bits per heavy atom. The molecule has 0 bridgehead atoms. The fourth-order valence-corrected chi connectivity index (χ4v) is 2.60. The molecule has 0 fully saturated rings. The minimum atomic E-state index is -3.76. The molecule has 0 radical (unpaired) electrons. The Kier molecular flexibility index (Phi) is 6.02. The minimum absolute atomic E-state index is 0.141. The zero-order valence-corrected chi connectivity index (χ0v) is 11.2. The lowest BCUT2D eigenvalue weighted by molar-refractivity contribution is -0.137. The van der Waals surface area contributed by atoms with Crippen molar-refractivity contribution in [2.45, 2.75) is 6.92 Å². The summed E-state index contributed by atoms with van der Waals surface area (Å²) in [6.45, 7) is 0.499. The maximum absolute atomic E-state index is 11.5. The molecule has 8 nitrogen and oxygen atoms in total. The van der Waals surface area contributed by atoms with Crippen molar-refractivity contribution in [2.75, 3.05) is 31.6 Å². The van der Waals surface area contributed by atoms with Crippen molar-refractivity contribution in [2.24, 2.45) is 0 Å². The predicted octanol–water partition coefficient (Wildman–Crippen LogP) is -1.73. The van der Waals surface area contributed by atoms with Crippen molar-refractivity contribution in [3.05, 3.63) is 0 Å². The van der Waals surface area contributed by atoms with Crippen molar-refractivity contribution in [3.63, 3.8) is 0 Å². The van der Waals surface area contributed by atoms with E-state index in [-0.39, 0.29) is 12.3 Å². The van der Waals surface area contributed by atoms with Crippen LogP contribution >= 0.6 is 0 Å². The van der Waals surface area contributed by atoms with Crippen molar-refractivity contribution >= 4 is 26.0 Å². The van der Waals surface area contributed by atoms with E-state index < -0.39 is 38.3 Å². The Balaban J connectivity index is 4.34. The molecule has 0 aromatic carbocycles. The number of hydrogen-bond acceptors (Lipinski definition) is 5. The van der Waals surface area contributed by atoms with Crippen LogP contribution < -0.4 is 4.72 Å². The molecule has 0 aromatic rings. The van der Waals surface area contributed by atoms with E-state index in [0.29, 0.717) is 4.31 Å². The van der Waals surface area contributed by atoms with Crippen LogP contribution in [0.4, 0.5) is 0 Å². The van der Waals surface area contributed by atoms with Gasteiger partial charge in [-0.25, -0.2) is 21.6 Å². The van der Waals surface area contributed by atoms with Gasteiger partial charge in [-0.3, -0.25) is 4.79 Å². The minimum Gasteiger partial charge on any atom is -0.480 e. The molecule has 0 saturated heterocycles. The summed E-state index contributed by atoms with van der Waals surface area (Å²) in [5.74, 6) is -1.89. The van der Waals surface area contributed by atoms with Gasteiger partial charge in [0.05, 0.1) is 11.5 Å². The van der Waals surface area contributed by atoms with Crippen LogP contribution in [0.25, 0.3) is 0 Å². The Hall–Kier alpha value is -0.710. The number of carbonyl (C=O) groups is 1. The van der Waals surface area contributed by atoms with E-state index >= 15 is 0 Å². The van der Waals surface area contributed by atoms with Gasteiger partial charge in [0.1, 0.15) is 6.54 Å². The lowest BCUT2D eigenvalue weighted by Gasteiger charge is -2.14. The maximum atomic E-state index is 11.5. The summed E-state index contributed by atoms with van der Waals surface area (Å²) in [6.07, 6.45) is 0. The zero-order chi connectivity index (χ0) is 13.7. The van der Waals surface area contributed by atoms with Crippen LogP contribution in [0.2, 0.25) is 0 Å².